The van der Waals surface area contributed by atoms with Crippen molar-refractivity contribution in [2.75, 3.05) is 0 Å². The Morgan fingerprint density at radius 2 is 1.56 bits per heavy atom. The van der Waals surface area contributed by atoms with E-state index in [1.165, 1.54) is 0 Å². The van der Waals surface area contributed by atoms with Gasteiger partial charge in [-0.2, -0.15) is 0 Å². The summed E-state index contributed by atoms with van der Waals surface area (Å²) in [5.74, 6) is 0.900. The number of hydrogen-bond acceptors (Lipinski definition) is 5. The maximum atomic E-state index is 10.4. The van der Waals surface area contributed by atoms with E-state index in [4.69, 9.17) is 9.97 Å². The molecule has 7 nitrogen and oxygen atoms in total. The van der Waals surface area contributed by atoms with Crippen LogP contribution in [0.5, 0.6) is 5.75 Å². The molecule has 0 aliphatic heterocycles. The Bertz CT molecular complexity index is 1890. The average Bonchev–Trinajstić information content (AvgIpc) is 3.48. The average molecular weight is 650 g/mol. The number of hydrogen-bond donors (Lipinski definition) is 1. The van der Waals surface area contributed by atoms with Crippen molar-refractivity contribution in [2.24, 2.45) is 0 Å². The number of aromatic hydroxyl groups is 1. The third-order valence-corrected chi connectivity index (χ3v) is 6.17. The van der Waals surface area contributed by atoms with E-state index in [-0.39, 0.29) is 28.1 Å². The van der Waals surface area contributed by atoms with E-state index in [9.17, 15) is 5.11 Å². The van der Waals surface area contributed by atoms with Crippen molar-refractivity contribution in [3.05, 3.63) is 97.5 Å². The molecule has 0 amide bonds. The molecule has 0 saturated heterocycles. The molecular formula is C28H17AuN6O. The number of nitrogens with zero attached hydrogens (tertiary/aromatic N) is 6. The van der Waals surface area contributed by atoms with Crippen molar-refractivity contribution < 1.29 is 27.5 Å². The summed E-state index contributed by atoms with van der Waals surface area (Å²) < 4.78 is 2.05. The minimum absolute atomic E-state index is 0. The van der Waals surface area contributed by atoms with Crippen LogP contribution < -0.4 is 4.98 Å². The van der Waals surface area contributed by atoms with Crippen molar-refractivity contribution in [1.29, 1.82) is 0 Å². The third-order valence-electron chi connectivity index (χ3n) is 6.17. The smallest absolute Gasteiger partial charge is 0.659 e. The Morgan fingerprint density at radius 1 is 0.722 bits per heavy atom. The second kappa shape index (κ2) is 8.73. The number of benzene rings is 2. The fraction of sp³-hybridized carbons (Fsp3) is 0. The number of phenolic OH excluding ortho intramolecular Hbond substituents is 1. The molecule has 7 rings (SSSR count). The predicted octanol–water partition coefficient (Wildman–Crippen LogP) is 5.51. The van der Waals surface area contributed by atoms with Gasteiger partial charge < -0.3 is 10.1 Å². The van der Waals surface area contributed by atoms with E-state index in [2.05, 4.69) is 37.7 Å². The minimum atomic E-state index is 0. The number of phenols is 1. The van der Waals surface area contributed by atoms with Crippen LogP contribution in [0, 0.1) is 0 Å². The number of aromatic nitrogens is 6. The van der Waals surface area contributed by atoms with Gasteiger partial charge in [-0.3, -0.25) is 14.5 Å². The largest absolute Gasteiger partial charge is 1.00 e. The van der Waals surface area contributed by atoms with E-state index >= 15 is 0 Å². The first-order valence-corrected chi connectivity index (χ1v) is 11.2. The van der Waals surface area contributed by atoms with Crippen LogP contribution in [0.15, 0.2) is 97.5 Å². The van der Waals surface area contributed by atoms with Crippen molar-refractivity contribution in [3.63, 3.8) is 0 Å². The van der Waals surface area contributed by atoms with E-state index < -0.39 is 0 Å². The van der Waals surface area contributed by atoms with E-state index in [0.29, 0.717) is 28.5 Å². The molecule has 7 aromatic rings. The molecule has 0 aliphatic carbocycles. The first kappa shape index (κ1) is 22.2. The molecule has 2 aromatic carbocycles. The fourth-order valence-electron chi connectivity index (χ4n) is 4.59. The normalized spacial score (nSPS) is 11.2. The summed E-state index contributed by atoms with van der Waals surface area (Å²) in [6.07, 6.45) is 5.04. The van der Waals surface area contributed by atoms with Crippen molar-refractivity contribution >= 4 is 33.0 Å². The van der Waals surface area contributed by atoms with E-state index in [0.717, 1.165) is 33.0 Å². The van der Waals surface area contributed by atoms with Crippen LogP contribution in [0.4, 0.5) is 0 Å². The molecule has 0 spiro atoms. The number of pyridine rings is 2. The Balaban J connectivity index is 0.00000240. The van der Waals surface area contributed by atoms with Gasteiger partial charge in [-0.25, -0.2) is 9.97 Å². The summed E-state index contributed by atoms with van der Waals surface area (Å²) in [4.78, 5) is 23.3. The maximum Gasteiger partial charge on any atom is 1.00 e. The van der Waals surface area contributed by atoms with Gasteiger partial charge in [0.1, 0.15) is 17.2 Å². The van der Waals surface area contributed by atoms with Crippen LogP contribution >= 0.6 is 0 Å². The van der Waals surface area contributed by atoms with Crippen LogP contribution in [0.1, 0.15) is 0 Å². The van der Waals surface area contributed by atoms with Crippen LogP contribution in [0.2, 0.25) is 0 Å². The van der Waals surface area contributed by atoms with Gasteiger partial charge in [0, 0.05) is 28.7 Å². The van der Waals surface area contributed by atoms with Gasteiger partial charge in [0.2, 0.25) is 0 Å². The molecule has 0 saturated carbocycles. The SMILES string of the molecule is Oc1ccccc1-c1cccc(-n2c3ccccc3c3ccc(-c4[n-]cc5nccnc45)nc32)n1.[Au+]. The van der Waals surface area contributed by atoms with Gasteiger partial charge in [0.05, 0.1) is 27.9 Å². The summed E-state index contributed by atoms with van der Waals surface area (Å²) in [5, 5.41) is 12.5. The monoisotopic (exact) mass is 650 g/mol. The van der Waals surface area contributed by atoms with Crippen LogP contribution in [-0.2, 0) is 22.4 Å². The molecule has 0 fully saturated rings. The molecule has 5 aromatic heterocycles. The second-order valence-corrected chi connectivity index (χ2v) is 8.22. The summed E-state index contributed by atoms with van der Waals surface area (Å²) in [7, 11) is 0. The van der Waals surface area contributed by atoms with Gasteiger partial charge in [0.15, 0.2) is 0 Å². The Kier molecular flexibility index (Phi) is 5.38. The predicted molar refractivity (Wildman–Crippen MR) is 135 cm³/mol. The zero-order valence-electron chi connectivity index (χ0n) is 18.7. The molecule has 0 unspecified atom stereocenters. The molecule has 1 N–H and O–H groups in total. The first-order valence-electron chi connectivity index (χ1n) is 11.2. The molecule has 36 heavy (non-hydrogen) atoms. The zero-order chi connectivity index (χ0) is 23.4. The standard InChI is InChI=1S/C28H17N6O.Au/c35-24-10-4-2-7-19(24)20-8-5-11-25(32-20)34-23-9-3-1-6-17(23)18-12-13-21(33-28(18)34)26-27-22(16-31-26)29-14-15-30-27;/h1-16H,(H-,29,30,31,32,33,35);/q-1;+1. The molecule has 8 heteroatoms. The van der Waals surface area contributed by atoms with Gasteiger partial charge in [-0.15, -0.1) is 6.20 Å². The summed E-state index contributed by atoms with van der Waals surface area (Å²) in [5.41, 5.74) is 6.00. The number of fused-ring (bicyclic) bond motifs is 4. The summed E-state index contributed by atoms with van der Waals surface area (Å²) >= 11 is 0. The zero-order valence-corrected chi connectivity index (χ0v) is 20.8. The molecule has 5 heterocycles. The fourth-order valence-corrected chi connectivity index (χ4v) is 4.59. The second-order valence-electron chi connectivity index (χ2n) is 8.22. The molecule has 0 atom stereocenters. The minimum Gasteiger partial charge on any atom is -0.659 e. The van der Waals surface area contributed by atoms with E-state index in [1.54, 1.807) is 30.7 Å². The van der Waals surface area contributed by atoms with Crippen LogP contribution in [-0.4, -0.2) is 29.6 Å². The maximum absolute atomic E-state index is 10.4. The number of para-hydroxylation sites is 2. The summed E-state index contributed by atoms with van der Waals surface area (Å²) in [6.45, 7) is 0. The van der Waals surface area contributed by atoms with Crippen molar-refractivity contribution in [3.8, 4) is 34.2 Å². The van der Waals surface area contributed by atoms with Crippen molar-refractivity contribution in [2.45, 2.75) is 0 Å². The molecule has 0 aliphatic rings. The quantitative estimate of drug-likeness (QED) is 0.254. The molecule has 0 radical (unpaired) electrons. The first-order chi connectivity index (χ1) is 17.3. The topological polar surface area (TPSA) is 90.8 Å². The Labute approximate surface area is 221 Å². The van der Waals surface area contributed by atoms with Gasteiger partial charge >= 0.3 is 22.4 Å². The summed E-state index contributed by atoms with van der Waals surface area (Å²) in [6, 6.07) is 25.2. The van der Waals surface area contributed by atoms with Gasteiger partial charge in [0.25, 0.3) is 0 Å². The molecular weight excluding hydrogens is 633 g/mol. The number of rotatable bonds is 3. The third kappa shape index (κ3) is 3.41. The van der Waals surface area contributed by atoms with Crippen LogP contribution in [0.25, 0.3) is 61.4 Å². The van der Waals surface area contributed by atoms with Crippen molar-refractivity contribution in [1.82, 2.24) is 29.5 Å². The molecule has 176 valence electrons. The van der Waals surface area contributed by atoms with Gasteiger partial charge in [-0.1, -0.05) is 42.1 Å². The van der Waals surface area contributed by atoms with E-state index in [1.807, 2.05) is 48.5 Å². The van der Waals surface area contributed by atoms with Gasteiger partial charge in [-0.05, 0) is 42.5 Å². The Morgan fingerprint density at radius 3 is 2.47 bits per heavy atom. The Hall–Kier alpha value is -4.30. The molecule has 0 bridgehead atoms. The van der Waals surface area contributed by atoms with Crippen LogP contribution in [0.3, 0.4) is 0 Å².